The van der Waals surface area contributed by atoms with Gasteiger partial charge in [-0.25, -0.2) is 8.78 Å². The first kappa shape index (κ1) is 17.4. The number of hydrogen-bond acceptors (Lipinski definition) is 4. The summed E-state index contributed by atoms with van der Waals surface area (Å²) in [6, 6.07) is 11.3. The predicted molar refractivity (Wildman–Crippen MR) is 81.6 cm³/mol. The lowest BCUT2D eigenvalue weighted by atomic mass is 10.2. The molecule has 1 N–H and O–H groups in total. The average Bonchev–Trinajstić information content (AvgIpc) is 2.58. The molecule has 0 fully saturated rings. The second-order valence-electron chi connectivity index (χ2n) is 4.66. The largest absolute Gasteiger partial charge is 0.487 e. The Balaban J connectivity index is 1.68. The highest BCUT2D eigenvalue weighted by Gasteiger charge is 2.12. The Bertz CT molecular complexity index is 721. The Morgan fingerprint density at radius 3 is 2.29 bits per heavy atom. The van der Waals surface area contributed by atoms with Crippen molar-refractivity contribution in [2.24, 2.45) is 0 Å². The molecular weight excluding hydrogens is 320 g/mol. The first-order valence-corrected chi connectivity index (χ1v) is 7.13. The van der Waals surface area contributed by atoms with Crippen molar-refractivity contribution < 1.29 is 27.8 Å². The molecule has 24 heavy (non-hydrogen) atoms. The van der Waals surface area contributed by atoms with Crippen LogP contribution >= 0.6 is 0 Å². The van der Waals surface area contributed by atoms with E-state index in [1.54, 1.807) is 6.07 Å². The fourth-order valence-corrected chi connectivity index (χ4v) is 1.81. The average molecular weight is 335 g/mol. The molecule has 0 saturated carbocycles. The van der Waals surface area contributed by atoms with E-state index in [4.69, 9.17) is 9.47 Å². The number of hydrogen-bond donors (Lipinski definition) is 1. The van der Waals surface area contributed by atoms with Crippen LogP contribution in [0, 0.1) is 11.6 Å². The minimum atomic E-state index is -0.715. The van der Waals surface area contributed by atoms with E-state index in [2.05, 4.69) is 5.32 Å². The molecule has 0 aliphatic rings. The summed E-state index contributed by atoms with van der Waals surface area (Å²) in [4.78, 5) is 23.2. The Hall–Kier alpha value is -2.96. The molecule has 0 aliphatic heterocycles. The number of nitrogens with one attached hydrogen (secondary N) is 1. The van der Waals surface area contributed by atoms with Gasteiger partial charge in [-0.15, -0.1) is 0 Å². The predicted octanol–water partition coefficient (Wildman–Crippen LogP) is 2.32. The van der Waals surface area contributed by atoms with Crippen molar-refractivity contribution in [2.75, 3.05) is 19.8 Å². The van der Waals surface area contributed by atoms with Crippen LogP contribution in [0.5, 0.6) is 5.75 Å². The van der Waals surface area contributed by atoms with Gasteiger partial charge in [-0.1, -0.05) is 24.3 Å². The highest BCUT2D eigenvalue weighted by Crippen LogP contribution is 2.14. The van der Waals surface area contributed by atoms with Crippen molar-refractivity contribution in [1.29, 1.82) is 0 Å². The molecule has 1 amide bonds. The lowest BCUT2D eigenvalue weighted by Crippen LogP contribution is -2.31. The molecule has 0 heterocycles. The number of rotatable bonds is 7. The number of carbonyl (C=O) groups is 2. The van der Waals surface area contributed by atoms with Gasteiger partial charge in [0.15, 0.2) is 11.6 Å². The van der Waals surface area contributed by atoms with Crippen molar-refractivity contribution in [3.63, 3.8) is 0 Å². The number of ether oxygens (including phenoxy) is 2. The Labute approximate surface area is 137 Å². The first-order chi connectivity index (χ1) is 11.6. The second-order valence-corrected chi connectivity index (χ2v) is 4.66. The molecule has 7 heteroatoms. The third kappa shape index (κ3) is 5.05. The molecule has 126 valence electrons. The Kier molecular flexibility index (Phi) is 6.24. The van der Waals surface area contributed by atoms with Gasteiger partial charge in [-0.05, 0) is 24.3 Å². The van der Waals surface area contributed by atoms with Crippen LogP contribution in [-0.2, 0) is 9.53 Å². The van der Waals surface area contributed by atoms with Crippen LogP contribution in [0.25, 0.3) is 0 Å². The third-order valence-electron chi connectivity index (χ3n) is 2.95. The van der Waals surface area contributed by atoms with Crippen LogP contribution < -0.4 is 10.1 Å². The van der Waals surface area contributed by atoms with Gasteiger partial charge < -0.3 is 14.8 Å². The Morgan fingerprint density at radius 2 is 1.58 bits per heavy atom. The van der Waals surface area contributed by atoms with Crippen molar-refractivity contribution in [1.82, 2.24) is 5.32 Å². The van der Waals surface area contributed by atoms with Crippen molar-refractivity contribution in [3.8, 4) is 5.75 Å². The van der Waals surface area contributed by atoms with Gasteiger partial charge in [-0.3, -0.25) is 9.59 Å². The van der Waals surface area contributed by atoms with Crippen molar-refractivity contribution in [2.45, 2.75) is 0 Å². The summed E-state index contributed by atoms with van der Waals surface area (Å²) in [5.41, 5.74) is -0.159. The zero-order valence-corrected chi connectivity index (χ0v) is 12.6. The third-order valence-corrected chi connectivity index (χ3v) is 2.95. The van der Waals surface area contributed by atoms with Gasteiger partial charge in [0.2, 0.25) is 0 Å². The maximum absolute atomic E-state index is 13.4. The van der Waals surface area contributed by atoms with Crippen molar-refractivity contribution >= 4 is 11.9 Å². The molecule has 0 aromatic heterocycles. The molecule has 5 nitrogen and oxygen atoms in total. The lowest BCUT2D eigenvalue weighted by Gasteiger charge is -2.09. The number of para-hydroxylation sites is 1. The monoisotopic (exact) mass is 335 g/mol. The molecule has 0 atom stereocenters. The minimum absolute atomic E-state index is 0.0338. The van der Waals surface area contributed by atoms with Gasteiger partial charge in [0.1, 0.15) is 25.6 Å². The van der Waals surface area contributed by atoms with Gasteiger partial charge in [0.25, 0.3) is 5.91 Å². The molecule has 0 spiro atoms. The molecule has 2 aromatic carbocycles. The number of halogens is 2. The zero-order chi connectivity index (χ0) is 17.4. The van der Waals surface area contributed by atoms with Gasteiger partial charge in [0.05, 0.1) is 5.56 Å². The molecule has 0 unspecified atom stereocenters. The highest BCUT2D eigenvalue weighted by molar-refractivity contribution is 5.96. The fourth-order valence-electron chi connectivity index (χ4n) is 1.81. The smallest absolute Gasteiger partial charge is 0.325 e. The summed E-state index contributed by atoms with van der Waals surface area (Å²) in [7, 11) is 0. The normalized spacial score (nSPS) is 10.1. The van der Waals surface area contributed by atoms with Gasteiger partial charge in [-0.2, -0.15) is 0 Å². The maximum Gasteiger partial charge on any atom is 0.325 e. The van der Waals surface area contributed by atoms with Crippen LogP contribution in [0.3, 0.4) is 0 Å². The molecule has 0 bridgehead atoms. The zero-order valence-electron chi connectivity index (χ0n) is 12.6. The van der Waals surface area contributed by atoms with E-state index in [0.29, 0.717) is 0 Å². The molecular formula is C17H15F2NO4. The summed E-state index contributed by atoms with van der Waals surface area (Å²) >= 11 is 0. The minimum Gasteiger partial charge on any atom is -0.487 e. The molecule has 0 saturated heterocycles. The number of benzene rings is 2. The summed E-state index contributed by atoms with van der Waals surface area (Å²) in [6.07, 6.45) is 0. The topological polar surface area (TPSA) is 64.6 Å². The van der Waals surface area contributed by atoms with Gasteiger partial charge in [0, 0.05) is 0 Å². The number of amides is 1. The van der Waals surface area contributed by atoms with E-state index in [0.717, 1.165) is 6.07 Å². The maximum atomic E-state index is 13.4. The van der Waals surface area contributed by atoms with Crippen LogP contribution in [0.2, 0.25) is 0 Å². The SMILES string of the molecule is O=C(CNC(=O)c1ccccc1F)OCCOc1ccccc1F. The highest BCUT2D eigenvalue weighted by atomic mass is 19.1. The Morgan fingerprint density at radius 1 is 0.917 bits per heavy atom. The summed E-state index contributed by atoms with van der Waals surface area (Å²) in [5.74, 6) is -2.56. The molecule has 2 aromatic rings. The van der Waals surface area contributed by atoms with E-state index in [-0.39, 0.29) is 24.5 Å². The summed E-state index contributed by atoms with van der Waals surface area (Å²) in [5, 5.41) is 2.25. The lowest BCUT2D eigenvalue weighted by molar-refractivity contribution is -0.143. The van der Waals surface area contributed by atoms with Crippen LogP contribution in [-0.4, -0.2) is 31.6 Å². The van der Waals surface area contributed by atoms with Crippen LogP contribution in [0.4, 0.5) is 8.78 Å². The first-order valence-electron chi connectivity index (χ1n) is 7.13. The molecule has 0 radical (unpaired) electrons. The number of esters is 1. The van der Waals surface area contributed by atoms with E-state index >= 15 is 0 Å². The fraction of sp³-hybridized carbons (Fsp3) is 0.176. The summed E-state index contributed by atoms with van der Waals surface area (Å²) < 4.78 is 36.6. The van der Waals surface area contributed by atoms with E-state index in [1.807, 2.05) is 0 Å². The van der Waals surface area contributed by atoms with E-state index in [9.17, 15) is 18.4 Å². The molecule has 0 aliphatic carbocycles. The standard InChI is InChI=1S/C17H15F2NO4/c18-13-6-2-1-5-12(13)17(22)20-11-16(21)24-10-9-23-15-8-4-3-7-14(15)19/h1-8H,9-11H2,(H,20,22). The molecule has 2 rings (SSSR count). The summed E-state index contributed by atoms with van der Waals surface area (Å²) in [6.45, 7) is -0.552. The van der Waals surface area contributed by atoms with E-state index in [1.165, 1.54) is 36.4 Å². The van der Waals surface area contributed by atoms with E-state index < -0.39 is 30.1 Å². The number of carbonyl (C=O) groups excluding carboxylic acids is 2. The van der Waals surface area contributed by atoms with Crippen LogP contribution in [0.1, 0.15) is 10.4 Å². The second kappa shape index (κ2) is 8.61. The van der Waals surface area contributed by atoms with Crippen molar-refractivity contribution in [3.05, 3.63) is 65.7 Å². The quantitative estimate of drug-likeness (QED) is 0.623. The van der Waals surface area contributed by atoms with Crippen LogP contribution in [0.15, 0.2) is 48.5 Å². The van der Waals surface area contributed by atoms with Gasteiger partial charge >= 0.3 is 5.97 Å².